The van der Waals surface area contributed by atoms with Gasteiger partial charge in [-0.25, -0.2) is 4.79 Å². The Balaban J connectivity index is 2.35. The molecule has 0 unspecified atom stereocenters. The number of amides is 1. The third-order valence-corrected chi connectivity index (χ3v) is 3.67. The second-order valence-electron chi connectivity index (χ2n) is 5.21. The summed E-state index contributed by atoms with van der Waals surface area (Å²) in [5.41, 5.74) is 0.734. The third-order valence-electron chi connectivity index (χ3n) is 3.67. The molecule has 1 heterocycles. The van der Waals surface area contributed by atoms with Gasteiger partial charge in [-0.05, 0) is 19.4 Å². The molecule has 1 aliphatic heterocycles. The quantitative estimate of drug-likeness (QED) is 0.433. The Labute approximate surface area is 139 Å². The number of rotatable bonds is 6. The van der Waals surface area contributed by atoms with Gasteiger partial charge >= 0.3 is 11.9 Å². The number of hydrogen-bond donors (Lipinski definition) is 0. The summed E-state index contributed by atoms with van der Waals surface area (Å²) in [7, 11) is 0. The number of hydrogen-bond acceptors (Lipinski definition) is 6. The molecule has 1 fully saturated rings. The number of ketones is 1. The Kier molecular flexibility index (Phi) is 5.68. The van der Waals surface area contributed by atoms with Crippen molar-refractivity contribution in [3.63, 3.8) is 0 Å². The molecule has 0 spiro atoms. The van der Waals surface area contributed by atoms with Crippen LogP contribution in [0.1, 0.15) is 19.4 Å². The smallest absolute Gasteiger partial charge is 0.330 e. The fraction of sp³-hybridized carbons (Fsp3) is 0.412. The minimum atomic E-state index is -1.49. The molecule has 1 aliphatic rings. The molecule has 0 aromatic heterocycles. The van der Waals surface area contributed by atoms with Gasteiger partial charge in [-0.1, -0.05) is 30.3 Å². The van der Waals surface area contributed by atoms with Gasteiger partial charge < -0.3 is 14.4 Å². The first kappa shape index (κ1) is 17.7. The Bertz CT molecular complexity index is 642. The topological polar surface area (TPSA) is 90.0 Å². The van der Waals surface area contributed by atoms with E-state index in [2.05, 4.69) is 0 Å². The van der Waals surface area contributed by atoms with Gasteiger partial charge in [-0.2, -0.15) is 0 Å². The van der Waals surface area contributed by atoms with E-state index in [9.17, 15) is 19.2 Å². The van der Waals surface area contributed by atoms with E-state index in [-0.39, 0.29) is 19.8 Å². The van der Waals surface area contributed by atoms with Gasteiger partial charge in [0.1, 0.15) is 0 Å². The number of carbonyl (C=O) groups excluding carboxylic acids is 4. The van der Waals surface area contributed by atoms with Crippen LogP contribution in [0, 0.1) is 5.92 Å². The number of benzene rings is 1. The summed E-state index contributed by atoms with van der Waals surface area (Å²) in [6.45, 7) is 3.35. The molecule has 0 saturated carbocycles. The lowest BCUT2D eigenvalue weighted by atomic mass is 9.99. The molecule has 7 nitrogen and oxygen atoms in total. The number of carbonyl (C=O) groups is 4. The zero-order valence-electron chi connectivity index (χ0n) is 13.6. The highest BCUT2D eigenvalue weighted by Crippen LogP contribution is 2.27. The lowest BCUT2D eigenvalue weighted by molar-refractivity contribution is -0.160. The van der Waals surface area contributed by atoms with Crippen molar-refractivity contribution in [3.05, 3.63) is 35.9 Å². The highest BCUT2D eigenvalue weighted by atomic mass is 16.5. The van der Waals surface area contributed by atoms with Crippen LogP contribution in [0.3, 0.4) is 0 Å². The Morgan fingerprint density at radius 3 is 2.17 bits per heavy atom. The van der Waals surface area contributed by atoms with Gasteiger partial charge in [0, 0.05) is 6.54 Å². The van der Waals surface area contributed by atoms with Crippen molar-refractivity contribution in [2.45, 2.75) is 26.4 Å². The molecule has 128 valence electrons. The van der Waals surface area contributed by atoms with E-state index in [1.165, 1.54) is 0 Å². The van der Waals surface area contributed by atoms with Crippen molar-refractivity contribution in [2.24, 2.45) is 5.92 Å². The average molecular weight is 333 g/mol. The maximum atomic E-state index is 12.3. The molecule has 2 atom stereocenters. The number of nitrogens with zero attached hydrogens (tertiary/aromatic N) is 1. The fourth-order valence-electron chi connectivity index (χ4n) is 2.63. The van der Waals surface area contributed by atoms with Crippen LogP contribution in [0.4, 0.5) is 0 Å². The number of Topliss-reactive ketones (excluding diaryl/α,β-unsaturated/α-hetero) is 1. The second-order valence-corrected chi connectivity index (χ2v) is 5.21. The first-order chi connectivity index (χ1) is 11.5. The van der Waals surface area contributed by atoms with Crippen LogP contribution in [0.15, 0.2) is 30.3 Å². The lowest BCUT2D eigenvalue weighted by Crippen LogP contribution is -2.44. The molecule has 1 aromatic carbocycles. The molecule has 2 rings (SSSR count). The van der Waals surface area contributed by atoms with Crippen LogP contribution in [0.5, 0.6) is 0 Å². The van der Waals surface area contributed by atoms with Gasteiger partial charge in [-0.15, -0.1) is 0 Å². The number of ether oxygens (including phenoxy) is 2. The van der Waals surface area contributed by atoms with Gasteiger partial charge in [0.05, 0.1) is 13.2 Å². The van der Waals surface area contributed by atoms with E-state index >= 15 is 0 Å². The van der Waals surface area contributed by atoms with Crippen LogP contribution < -0.4 is 0 Å². The van der Waals surface area contributed by atoms with Crippen LogP contribution in [0.25, 0.3) is 0 Å². The minimum absolute atomic E-state index is 0.0325. The second kappa shape index (κ2) is 7.72. The normalized spacial score (nSPS) is 20.2. The van der Waals surface area contributed by atoms with E-state index in [1.807, 2.05) is 6.07 Å². The maximum Gasteiger partial charge on any atom is 0.330 e. The van der Waals surface area contributed by atoms with Crippen molar-refractivity contribution < 1.29 is 28.7 Å². The predicted molar refractivity (Wildman–Crippen MR) is 82.5 cm³/mol. The van der Waals surface area contributed by atoms with E-state index in [4.69, 9.17) is 9.47 Å². The van der Waals surface area contributed by atoms with Crippen LogP contribution >= 0.6 is 0 Å². The summed E-state index contributed by atoms with van der Waals surface area (Å²) >= 11 is 0. The number of likely N-dealkylation sites (tertiary alicyclic amines) is 1. The molecule has 0 N–H and O–H groups in total. The van der Waals surface area contributed by atoms with Crippen molar-refractivity contribution in [1.29, 1.82) is 0 Å². The zero-order valence-corrected chi connectivity index (χ0v) is 13.6. The first-order valence-electron chi connectivity index (χ1n) is 7.73. The monoisotopic (exact) mass is 333 g/mol. The Hall–Kier alpha value is -2.70. The van der Waals surface area contributed by atoms with E-state index in [0.717, 1.165) is 10.5 Å². The molecule has 0 aliphatic carbocycles. The first-order valence-corrected chi connectivity index (χ1v) is 7.73. The van der Waals surface area contributed by atoms with Crippen LogP contribution in [0.2, 0.25) is 0 Å². The van der Waals surface area contributed by atoms with Crippen molar-refractivity contribution in [3.8, 4) is 0 Å². The molecular formula is C17H19NO6. The van der Waals surface area contributed by atoms with Gasteiger partial charge in [0.15, 0.2) is 12.0 Å². The zero-order chi connectivity index (χ0) is 17.7. The Morgan fingerprint density at radius 2 is 1.58 bits per heavy atom. The predicted octanol–water partition coefficient (Wildman–Crippen LogP) is 0.709. The average Bonchev–Trinajstić information content (AvgIpc) is 2.81. The molecule has 1 saturated heterocycles. The van der Waals surface area contributed by atoms with E-state index in [0.29, 0.717) is 0 Å². The van der Waals surface area contributed by atoms with Gasteiger partial charge in [0.2, 0.25) is 5.78 Å². The largest absolute Gasteiger partial charge is 0.465 e. The van der Waals surface area contributed by atoms with Crippen LogP contribution in [-0.2, 0) is 35.2 Å². The summed E-state index contributed by atoms with van der Waals surface area (Å²) in [4.78, 5) is 50.0. The highest BCUT2D eigenvalue weighted by molar-refractivity contribution is 6.43. The van der Waals surface area contributed by atoms with E-state index in [1.54, 1.807) is 38.1 Å². The van der Waals surface area contributed by atoms with Gasteiger partial charge in [-0.3, -0.25) is 14.4 Å². The summed E-state index contributed by atoms with van der Waals surface area (Å²) in [6.07, 6.45) is 0. The van der Waals surface area contributed by atoms with E-state index < -0.39 is 35.6 Å². The van der Waals surface area contributed by atoms with Crippen molar-refractivity contribution in [1.82, 2.24) is 4.90 Å². The van der Waals surface area contributed by atoms with Crippen LogP contribution in [-0.4, -0.2) is 47.8 Å². The summed E-state index contributed by atoms with van der Waals surface area (Å²) in [5, 5.41) is 0. The van der Waals surface area contributed by atoms with Gasteiger partial charge in [0.25, 0.3) is 5.91 Å². The maximum absolute atomic E-state index is 12.3. The summed E-state index contributed by atoms with van der Waals surface area (Å²) in [5.74, 6) is -4.98. The molecular weight excluding hydrogens is 314 g/mol. The molecule has 24 heavy (non-hydrogen) atoms. The summed E-state index contributed by atoms with van der Waals surface area (Å²) in [6, 6.07) is 7.59. The standard InChI is InChI=1S/C17H19NO6/c1-3-23-16(21)12-13(17(22)24-4-2)18(15(20)14(12)19)10-11-8-6-5-7-9-11/h5-9,12-13H,3-4,10H2,1-2H3/t12-,13-/m0/s1. The number of esters is 2. The molecule has 1 amide bonds. The molecule has 0 bridgehead atoms. The fourth-order valence-corrected chi connectivity index (χ4v) is 2.63. The lowest BCUT2D eigenvalue weighted by Gasteiger charge is -2.24. The molecule has 7 heteroatoms. The third kappa shape index (κ3) is 3.45. The molecule has 1 aromatic rings. The SMILES string of the molecule is CCOC(=O)[C@@H]1C(=O)C(=O)N(Cc2ccccc2)[C@@H]1C(=O)OCC. The Morgan fingerprint density at radius 1 is 1.00 bits per heavy atom. The molecule has 0 radical (unpaired) electrons. The summed E-state index contributed by atoms with van der Waals surface area (Å²) < 4.78 is 9.81. The minimum Gasteiger partial charge on any atom is -0.465 e. The van der Waals surface area contributed by atoms with Crippen molar-refractivity contribution in [2.75, 3.05) is 13.2 Å². The highest BCUT2D eigenvalue weighted by Gasteiger charge is 2.55. The van der Waals surface area contributed by atoms with Crippen molar-refractivity contribution >= 4 is 23.6 Å².